The Morgan fingerprint density at radius 1 is 1.04 bits per heavy atom. The highest BCUT2D eigenvalue weighted by Crippen LogP contribution is 2.29. The van der Waals surface area contributed by atoms with Gasteiger partial charge in [-0.15, -0.1) is 0 Å². The third kappa shape index (κ3) is 5.61. The van der Waals surface area contributed by atoms with Crippen molar-refractivity contribution >= 4 is 12.0 Å². The lowest BCUT2D eigenvalue weighted by atomic mass is 9.87. The highest BCUT2D eigenvalue weighted by Gasteiger charge is 2.15. The van der Waals surface area contributed by atoms with E-state index in [9.17, 15) is 4.79 Å². The number of rotatable bonds is 6. The summed E-state index contributed by atoms with van der Waals surface area (Å²) < 4.78 is 10.7. The molecule has 0 aromatic heterocycles. The molecule has 0 radical (unpaired) electrons. The lowest BCUT2D eigenvalue weighted by molar-refractivity contribution is -0.117. The second-order valence-electron chi connectivity index (χ2n) is 7.54. The van der Waals surface area contributed by atoms with Gasteiger partial charge in [-0.05, 0) is 47.7 Å². The Bertz CT molecular complexity index is 801. The van der Waals surface area contributed by atoms with Crippen LogP contribution in [0.5, 0.6) is 11.5 Å². The molecule has 4 heteroatoms. The van der Waals surface area contributed by atoms with Crippen molar-refractivity contribution in [3.05, 3.63) is 65.2 Å². The summed E-state index contributed by atoms with van der Waals surface area (Å²) in [6.45, 7) is 8.46. The molecule has 1 amide bonds. The van der Waals surface area contributed by atoms with Gasteiger partial charge in [-0.25, -0.2) is 0 Å². The van der Waals surface area contributed by atoms with Crippen LogP contribution in [0.15, 0.2) is 48.5 Å². The summed E-state index contributed by atoms with van der Waals surface area (Å²) >= 11 is 0. The fourth-order valence-corrected chi connectivity index (χ4v) is 2.78. The molecule has 2 aromatic rings. The summed E-state index contributed by atoms with van der Waals surface area (Å²) in [7, 11) is 3.23. The summed E-state index contributed by atoms with van der Waals surface area (Å²) in [6, 6.07) is 13.6. The van der Waals surface area contributed by atoms with Crippen LogP contribution < -0.4 is 14.8 Å². The first-order valence-corrected chi connectivity index (χ1v) is 9.05. The average Bonchev–Trinajstić information content (AvgIpc) is 2.65. The predicted molar refractivity (Wildman–Crippen MR) is 110 cm³/mol. The Labute approximate surface area is 162 Å². The van der Waals surface area contributed by atoms with E-state index in [0.717, 1.165) is 16.9 Å². The van der Waals surface area contributed by atoms with Gasteiger partial charge in [0.2, 0.25) is 5.91 Å². The molecule has 0 fully saturated rings. The summed E-state index contributed by atoms with van der Waals surface area (Å²) in [5.74, 6) is 1.28. The van der Waals surface area contributed by atoms with Crippen molar-refractivity contribution in [2.45, 2.75) is 39.2 Å². The maximum absolute atomic E-state index is 12.3. The van der Waals surface area contributed by atoms with Crippen LogP contribution in [0.2, 0.25) is 0 Å². The van der Waals surface area contributed by atoms with Crippen LogP contribution in [0.1, 0.15) is 50.4 Å². The van der Waals surface area contributed by atoms with Gasteiger partial charge in [-0.1, -0.05) is 45.0 Å². The monoisotopic (exact) mass is 367 g/mol. The van der Waals surface area contributed by atoms with Crippen LogP contribution in [0.4, 0.5) is 0 Å². The zero-order valence-electron chi connectivity index (χ0n) is 17.0. The predicted octanol–water partition coefficient (Wildman–Crippen LogP) is 4.89. The maximum atomic E-state index is 12.3. The van der Waals surface area contributed by atoms with E-state index in [1.807, 2.05) is 43.3 Å². The Hall–Kier alpha value is -2.75. The van der Waals surface area contributed by atoms with Gasteiger partial charge in [-0.2, -0.15) is 0 Å². The summed E-state index contributed by atoms with van der Waals surface area (Å²) in [6.07, 6.45) is 3.37. The molecule has 0 unspecified atom stereocenters. The highest BCUT2D eigenvalue weighted by molar-refractivity contribution is 5.92. The van der Waals surface area contributed by atoms with Crippen LogP contribution in [0.25, 0.3) is 6.08 Å². The van der Waals surface area contributed by atoms with Gasteiger partial charge < -0.3 is 14.8 Å². The number of carbonyl (C=O) groups is 1. The normalized spacial score (nSPS) is 12.7. The van der Waals surface area contributed by atoms with Crippen molar-refractivity contribution in [2.75, 3.05) is 14.2 Å². The van der Waals surface area contributed by atoms with E-state index in [2.05, 4.69) is 38.2 Å². The number of hydrogen-bond donors (Lipinski definition) is 1. The summed E-state index contributed by atoms with van der Waals surface area (Å²) in [5, 5.41) is 2.97. The lowest BCUT2D eigenvalue weighted by Gasteiger charge is -2.18. The molecule has 0 spiro atoms. The minimum atomic E-state index is -0.213. The number of methoxy groups -OCH3 is 2. The van der Waals surface area contributed by atoms with E-state index in [1.165, 1.54) is 5.56 Å². The van der Waals surface area contributed by atoms with Crippen LogP contribution in [0, 0.1) is 0 Å². The number of nitrogens with one attached hydrogen (secondary N) is 1. The summed E-state index contributed by atoms with van der Waals surface area (Å²) in [5.41, 5.74) is 3.24. The highest BCUT2D eigenvalue weighted by atomic mass is 16.5. The third-order valence-electron chi connectivity index (χ3n) is 4.47. The van der Waals surface area contributed by atoms with Crippen molar-refractivity contribution < 1.29 is 14.3 Å². The fraction of sp³-hybridized carbons (Fsp3) is 0.348. The van der Waals surface area contributed by atoms with Gasteiger partial charge in [-0.3, -0.25) is 4.79 Å². The molecular weight excluding hydrogens is 338 g/mol. The van der Waals surface area contributed by atoms with Gasteiger partial charge in [0.05, 0.1) is 20.3 Å². The molecule has 1 atom stereocenters. The molecule has 1 N–H and O–H groups in total. The summed E-state index contributed by atoms with van der Waals surface area (Å²) in [4.78, 5) is 12.3. The number of amides is 1. The Morgan fingerprint density at radius 2 is 1.70 bits per heavy atom. The van der Waals surface area contributed by atoms with E-state index < -0.39 is 0 Å². The first kappa shape index (κ1) is 20.6. The van der Waals surface area contributed by atoms with E-state index in [1.54, 1.807) is 20.3 Å². The van der Waals surface area contributed by atoms with Crippen LogP contribution >= 0.6 is 0 Å². The Kier molecular flexibility index (Phi) is 6.67. The SMILES string of the molecule is COc1ccc(OC)c([C@H](C)NC(=O)/C=C/c2ccc(C(C)(C)C)cc2)c1. The smallest absolute Gasteiger partial charge is 0.244 e. The third-order valence-corrected chi connectivity index (χ3v) is 4.47. The van der Waals surface area contributed by atoms with E-state index in [4.69, 9.17) is 9.47 Å². The molecule has 0 aliphatic carbocycles. The van der Waals surface area contributed by atoms with E-state index in [0.29, 0.717) is 5.75 Å². The number of hydrogen-bond acceptors (Lipinski definition) is 3. The van der Waals surface area contributed by atoms with Crippen molar-refractivity contribution in [2.24, 2.45) is 0 Å². The molecule has 0 heterocycles. The molecule has 27 heavy (non-hydrogen) atoms. The zero-order valence-corrected chi connectivity index (χ0v) is 17.0. The molecule has 2 rings (SSSR count). The van der Waals surface area contributed by atoms with Crippen molar-refractivity contribution in [3.8, 4) is 11.5 Å². The average molecular weight is 367 g/mol. The van der Waals surface area contributed by atoms with Crippen molar-refractivity contribution in [1.82, 2.24) is 5.32 Å². The standard InChI is InChI=1S/C23H29NO3/c1-16(20-15-19(26-5)12-13-21(20)27-6)24-22(25)14-9-17-7-10-18(11-8-17)23(2,3)4/h7-16H,1-6H3,(H,24,25)/b14-9+/t16-/m0/s1. The van der Waals surface area contributed by atoms with Crippen molar-refractivity contribution in [3.63, 3.8) is 0 Å². The minimum Gasteiger partial charge on any atom is -0.497 e. The van der Waals surface area contributed by atoms with Gasteiger partial charge in [0.15, 0.2) is 0 Å². The van der Waals surface area contributed by atoms with Gasteiger partial charge in [0, 0.05) is 11.6 Å². The van der Waals surface area contributed by atoms with Crippen LogP contribution in [-0.2, 0) is 10.2 Å². The van der Waals surface area contributed by atoms with Gasteiger partial charge in [0.1, 0.15) is 11.5 Å². The topological polar surface area (TPSA) is 47.6 Å². The van der Waals surface area contributed by atoms with Crippen LogP contribution in [0.3, 0.4) is 0 Å². The number of benzene rings is 2. The Morgan fingerprint density at radius 3 is 2.26 bits per heavy atom. The Balaban J connectivity index is 2.06. The molecule has 0 aliphatic heterocycles. The van der Waals surface area contributed by atoms with E-state index >= 15 is 0 Å². The van der Waals surface area contributed by atoms with Crippen LogP contribution in [-0.4, -0.2) is 20.1 Å². The molecule has 4 nitrogen and oxygen atoms in total. The minimum absolute atomic E-state index is 0.116. The maximum Gasteiger partial charge on any atom is 0.244 e. The largest absolute Gasteiger partial charge is 0.497 e. The fourth-order valence-electron chi connectivity index (χ4n) is 2.78. The van der Waals surface area contributed by atoms with Gasteiger partial charge >= 0.3 is 0 Å². The number of carbonyl (C=O) groups excluding carboxylic acids is 1. The molecule has 0 saturated carbocycles. The number of ether oxygens (including phenoxy) is 2. The molecule has 144 valence electrons. The molecule has 2 aromatic carbocycles. The second kappa shape index (κ2) is 8.76. The molecule has 0 saturated heterocycles. The first-order valence-electron chi connectivity index (χ1n) is 9.05. The molecular formula is C23H29NO3. The lowest BCUT2D eigenvalue weighted by Crippen LogP contribution is -2.25. The molecule has 0 aliphatic rings. The van der Waals surface area contributed by atoms with Gasteiger partial charge in [0.25, 0.3) is 0 Å². The first-order chi connectivity index (χ1) is 12.7. The van der Waals surface area contributed by atoms with E-state index in [-0.39, 0.29) is 17.4 Å². The zero-order chi connectivity index (χ0) is 20.0. The second-order valence-corrected chi connectivity index (χ2v) is 7.54. The van der Waals surface area contributed by atoms with Crippen molar-refractivity contribution in [1.29, 1.82) is 0 Å². The quantitative estimate of drug-likeness (QED) is 0.739. The molecule has 0 bridgehead atoms.